The highest BCUT2D eigenvalue weighted by molar-refractivity contribution is 6.30. The Morgan fingerprint density at radius 2 is 1.77 bits per heavy atom. The van der Waals surface area contributed by atoms with E-state index in [4.69, 9.17) is 11.6 Å². The van der Waals surface area contributed by atoms with Crippen molar-refractivity contribution in [3.05, 3.63) is 77.1 Å². The number of halogens is 2. The fraction of sp³-hybridized carbons (Fsp3) is 0.182. The van der Waals surface area contributed by atoms with Crippen molar-refractivity contribution in [1.29, 1.82) is 0 Å². The number of aromatic nitrogens is 4. The molecule has 1 fully saturated rings. The molecule has 31 heavy (non-hydrogen) atoms. The molecule has 1 saturated heterocycles. The molecule has 0 spiro atoms. The molecule has 0 atom stereocenters. The van der Waals surface area contributed by atoms with Gasteiger partial charge in [0.1, 0.15) is 11.6 Å². The van der Waals surface area contributed by atoms with Crippen LogP contribution in [0.25, 0.3) is 17.0 Å². The number of hydrogen-bond acceptors (Lipinski definition) is 5. The van der Waals surface area contributed by atoms with Gasteiger partial charge in [0.15, 0.2) is 11.5 Å². The van der Waals surface area contributed by atoms with Crippen molar-refractivity contribution in [3.8, 4) is 11.4 Å². The van der Waals surface area contributed by atoms with Gasteiger partial charge in [0.25, 0.3) is 0 Å². The second-order valence-corrected chi connectivity index (χ2v) is 7.76. The van der Waals surface area contributed by atoms with E-state index in [1.54, 1.807) is 30.3 Å². The zero-order chi connectivity index (χ0) is 21.4. The Morgan fingerprint density at radius 3 is 2.55 bits per heavy atom. The van der Waals surface area contributed by atoms with E-state index in [-0.39, 0.29) is 12.5 Å². The number of anilines is 1. The Hall–Kier alpha value is -3.52. The van der Waals surface area contributed by atoms with E-state index in [2.05, 4.69) is 15.3 Å². The number of hydrogen-bond donors (Lipinski definition) is 0. The molecule has 9 heteroatoms. The lowest BCUT2D eigenvalue weighted by molar-refractivity contribution is -0.131. The number of amides is 1. The largest absolute Gasteiger partial charge is 0.344 e. The molecule has 2 aromatic carbocycles. The molecule has 1 aliphatic heterocycles. The van der Waals surface area contributed by atoms with Crippen molar-refractivity contribution in [3.63, 3.8) is 0 Å². The van der Waals surface area contributed by atoms with Gasteiger partial charge in [-0.15, -0.1) is 15.3 Å². The van der Waals surface area contributed by atoms with Crippen LogP contribution in [0, 0.1) is 5.82 Å². The quantitative estimate of drug-likeness (QED) is 0.490. The van der Waals surface area contributed by atoms with Crippen LogP contribution in [0.15, 0.2) is 60.7 Å². The summed E-state index contributed by atoms with van der Waals surface area (Å²) in [4.78, 5) is 16.5. The first-order valence-corrected chi connectivity index (χ1v) is 10.2. The standard InChI is InChI=1S/C22H18ClFN6O/c23-16-7-5-15(6-8-16)13-29-12-11-28(14-21(29)31)20-10-9-19-25-26-22(30(19)27-20)17-3-1-2-4-18(17)24/h1-10H,11-14H2. The minimum atomic E-state index is -0.394. The first kappa shape index (κ1) is 19.4. The van der Waals surface area contributed by atoms with Gasteiger partial charge >= 0.3 is 0 Å². The summed E-state index contributed by atoms with van der Waals surface area (Å²) in [6.45, 7) is 1.96. The fourth-order valence-electron chi connectivity index (χ4n) is 3.64. The van der Waals surface area contributed by atoms with Crippen LogP contribution in [-0.4, -0.2) is 50.3 Å². The van der Waals surface area contributed by atoms with Gasteiger partial charge in [0, 0.05) is 24.7 Å². The molecule has 0 aliphatic carbocycles. The highest BCUT2D eigenvalue weighted by atomic mass is 35.5. The SMILES string of the molecule is O=C1CN(c2ccc3nnc(-c4ccccc4F)n3n2)CCN1Cc1ccc(Cl)cc1. The predicted octanol–water partition coefficient (Wildman–Crippen LogP) is 3.43. The number of fused-ring (bicyclic) bond motifs is 1. The van der Waals surface area contributed by atoms with E-state index in [0.29, 0.717) is 47.5 Å². The molecule has 156 valence electrons. The number of benzene rings is 2. The summed E-state index contributed by atoms with van der Waals surface area (Å²) in [7, 11) is 0. The molecule has 1 aliphatic rings. The van der Waals surface area contributed by atoms with Crippen molar-refractivity contribution in [1.82, 2.24) is 24.7 Å². The molecular formula is C22H18ClFN6O. The zero-order valence-corrected chi connectivity index (χ0v) is 17.2. The van der Waals surface area contributed by atoms with Gasteiger partial charge in [-0.2, -0.15) is 4.52 Å². The third-order valence-corrected chi connectivity index (χ3v) is 5.54. The Morgan fingerprint density at radius 1 is 0.968 bits per heavy atom. The molecule has 1 amide bonds. The maximum Gasteiger partial charge on any atom is 0.242 e. The van der Waals surface area contributed by atoms with Gasteiger partial charge in [-0.05, 0) is 42.0 Å². The maximum atomic E-state index is 14.3. The molecular weight excluding hydrogens is 419 g/mol. The summed E-state index contributed by atoms with van der Waals surface area (Å²) in [5.41, 5.74) is 1.86. The van der Waals surface area contributed by atoms with Gasteiger partial charge in [-0.25, -0.2) is 4.39 Å². The van der Waals surface area contributed by atoms with E-state index >= 15 is 0 Å². The summed E-state index contributed by atoms with van der Waals surface area (Å²) in [5, 5.41) is 13.4. The lowest BCUT2D eigenvalue weighted by Gasteiger charge is -2.35. The van der Waals surface area contributed by atoms with E-state index in [0.717, 1.165) is 5.56 Å². The fourth-order valence-corrected chi connectivity index (χ4v) is 3.77. The van der Waals surface area contributed by atoms with E-state index < -0.39 is 5.82 Å². The highest BCUT2D eigenvalue weighted by Gasteiger charge is 2.25. The topological polar surface area (TPSA) is 66.6 Å². The van der Waals surface area contributed by atoms with Crippen LogP contribution >= 0.6 is 11.6 Å². The molecule has 0 radical (unpaired) electrons. The monoisotopic (exact) mass is 436 g/mol. The number of rotatable bonds is 4. The van der Waals surface area contributed by atoms with Gasteiger partial charge < -0.3 is 9.80 Å². The highest BCUT2D eigenvalue weighted by Crippen LogP contribution is 2.23. The number of carbonyl (C=O) groups is 1. The van der Waals surface area contributed by atoms with E-state index in [1.165, 1.54) is 10.6 Å². The lowest BCUT2D eigenvalue weighted by Crippen LogP contribution is -2.50. The molecule has 0 N–H and O–H groups in total. The summed E-state index contributed by atoms with van der Waals surface area (Å²) in [6.07, 6.45) is 0. The first-order chi connectivity index (χ1) is 15.1. The van der Waals surface area contributed by atoms with Gasteiger partial charge in [-0.3, -0.25) is 4.79 Å². The van der Waals surface area contributed by atoms with Crippen LogP contribution in [0.3, 0.4) is 0 Å². The average Bonchev–Trinajstić information content (AvgIpc) is 3.20. The minimum Gasteiger partial charge on any atom is -0.344 e. The minimum absolute atomic E-state index is 0.0150. The average molecular weight is 437 g/mol. The molecule has 4 aromatic rings. The van der Waals surface area contributed by atoms with Gasteiger partial charge in [0.2, 0.25) is 5.91 Å². The smallest absolute Gasteiger partial charge is 0.242 e. The molecule has 5 rings (SSSR count). The molecule has 0 bridgehead atoms. The van der Waals surface area contributed by atoms with Crippen molar-refractivity contribution in [2.45, 2.75) is 6.54 Å². The third-order valence-electron chi connectivity index (χ3n) is 5.29. The van der Waals surface area contributed by atoms with Gasteiger partial charge in [0.05, 0.1) is 12.1 Å². The third kappa shape index (κ3) is 3.82. The van der Waals surface area contributed by atoms with E-state index in [1.807, 2.05) is 34.1 Å². The lowest BCUT2D eigenvalue weighted by atomic mass is 10.2. The normalized spacial score (nSPS) is 14.5. The molecule has 7 nitrogen and oxygen atoms in total. The van der Waals surface area contributed by atoms with Crippen molar-refractivity contribution in [2.75, 3.05) is 24.5 Å². The number of piperazine rings is 1. The van der Waals surface area contributed by atoms with Crippen molar-refractivity contribution in [2.24, 2.45) is 0 Å². The van der Waals surface area contributed by atoms with Crippen LogP contribution in [0.2, 0.25) is 5.02 Å². The summed E-state index contributed by atoms with van der Waals surface area (Å²) in [5.74, 6) is 0.559. The number of nitrogens with zero attached hydrogens (tertiary/aromatic N) is 6. The molecule has 0 unspecified atom stereocenters. The van der Waals surface area contributed by atoms with Crippen molar-refractivity contribution < 1.29 is 9.18 Å². The zero-order valence-electron chi connectivity index (χ0n) is 16.4. The van der Waals surface area contributed by atoms with Crippen LogP contribution < -0.4 is 4.90 Å². The second-order valence-electron chi connectivity index (χ2n) is 7.33. The molecule has 0 saturated carbocycles. The van der Waals surface area contributed by atoms with Crippen molar-refractivity contribution >= 4 is 29.0 Å². The summed E-state index contributed by atoms with van der Waals surface area (Å²) < 4.78 is 15.8. The first-order valence-electron chi connectivity index (χ1n) is 9.83. The summed E-state index contributed by atoms with van der Waals surface area (Å²) in [6, 6.07) is 17.4. The van der Waals surface area contributed by atoms with Crippen LogP contribution in [0.5, 0.6) is 0 Å². The van der Waals surface area contributed by atoms with Gasteiger partial charge in [-0.1, -0.05) is 35.9 Å². The Labute approximate surface area is 182 Å². The Balaban J connectivity index is 1.37. The number of carbonyl (C=O) groups excluding carboxylic acids is 1. The van der Waals surface area contributed by atoms with E-state index in [9.17, 15) is 9.18 Å². The Bertz CT molecular complexity index is 1260. The molecule has 3 heterocycles. The Kier molecular flexibility index (Phi) is 4.99. The van der Waals surface area contributed by atoms with Crippen LogP contribution in [-0.2, 0) is 11.3 Å². The van der Waals surface area contributed by atoms with Crippen LogP contribution in [0.4, 0.5) is 10.2 Å². The molecule has 2 aromatic heterocycles. The summed E-state index contributed by atoms with van der Waals surface area (Å²) >= 11 is 5.94. The second kappa shape index (κ2) is 7.96. The maximum absolute atomic E-state index is 14.3. The van der Waals surface area contributed by atoms with Crippen LogP contribution in [0.1, 0.15) is 5.56 Å². The predicted molar refractivity (Wildman–Crippen MR) is 115 cm³/mol.